The summed E-state index contributed by atoms with van der Waals surface area (Å²) in [6, 6.07) is 9.86. The summed E-state index contributed by atoms with van der Waals surface area (Å²) in [5, 5.41) is 9.09. The quantitative estimate of drug-likeness (QED) is 0.863. The Morgan fingerprint density at radius 3 is 2.84 bits per heavy atom. The second-order valence-corrected chi connectivity index (χ2v) is 5.39. The number of rotatable bonds is 4. The zero-order chi connectivity index (χ0) is 13.8. The van der Waals surface area contributed by atoms with Crippen molar-refractivity contribution < 1.29 is 9.90 Å². The summed E-state index contributed by atoms with van der Waals surface area (Å²) in [6.07, 6.45) is 1.51. The van der Waals surface area contributed by atoms with E-state index < -0.39 is 5.97 Å². The topological polar surface area (TPSA) is 50.2 Å². The van der Waals surface area contributed by atoms with Crippen molar-refractivity contribution in [3.8, 4) is 0 Å². The summed E-state index contributed by atoms with van der Waals surface area (Å²) >= 11 is 1.64. The molecule has 0 aliphatic heterocycles. The SMILES string of the molecule is Cc1ccc(C)c(SCc2cccnc2C(=O)O)c1. The number of benzene rings is 1. The number of carboxylic acids is 1. The second kappa shape index (κ2) is 5.89. The van der Waals surface area contributed by atoms with E-state index >= 15 is 0 Å². The second-order valence-electron chi connectivity index (χ2n) is 4.37. The van der Waals surface area contributed by atoms with Crippen LogP contribution in [0.3, 0.4) is 0 Å². The van der Waals surface area contributed by atoms with Gasteiger partial charge in [0.25, 0.3) is 0 Å². The van der Waals surface area contributed by atoms with E-state index in [1.54, 1.807) is 17.8 Å². The number of thioether (sulfide) groups is 1. The molecule has 0 fully saturated rings. The fraction of sp³-hybridized carbons (Fsp3) is 0.200. The van der Waals surface area contributed by atoms with Gasteiger partial charge in [-0.05, 0) is 37.1 Å². The van der Waals surface area contributed by atoms with Gasteiger partial charge in [-0.2, -0.15) is 0 Å². The highest BCUT2D eigenvalue weighted by molar-refractivity contribution is 7.98. The molecule has 3 nitrogen and oxygen atoms in total. The maximum Gasteiger partial charge on any atom is 0.354 e. The van der Waals surface area contributed by atoms with Gasteiger partial charge in [0.05, 0.1) is 0 Å². The number of aromatic carboxylic acids is 1. The predicted octanol–water partition coefficient (Wildman–Crippen LogP) is 3.69. The maximum atomic E-state index is 11.1. The number of aryl methyl sites for hydroxylation is 2. The van der Waals surface area contributed by atoms with Crippen molar-refractivity contribution in [2.24, 2.45) is 0 Å². The van der Waals surface area contributed by atoms with Crippen LogP contribution in [0.1, 0.15) is 27.2 Å². The summed E-state index contributed by atoms with van der Waals surface area (Å²) in [7, 11) is 0. The molecule has 2 rings (SSSR count). The van der Waals surface area contributed by atoms with Crippen LogP contribution in [0.2, 0.25) is 0 Å². The highest BCUT2D eigenvalue weighted by Gasteiger charge is 2.11. The first-order valence-electron chi connectivity index (χ1n) is 5.95. The van der Waals surface area contributed by atoms with Crippen LogP contribution in [-0.4, -0.2) is 16.1 Å². The lowest BCUT2D eigenvalue weighted by atomic mass is 10.2. The Hall–Kier alpha value is -1.81. The van der Waals surface area contributed by atoms with E-state index in [2.05, 4.69) is 37.0 Å². The van der Waals surface area contributed by atoms with Crippen LogP contribution in [0.15, 0.2) is 41.4 Å². The van der Waals surface area contributed by atoms with Crippen LogP contribution in [-0.2, 0) is 5.75 Å². The molecule has 0 saturated heterocycles. The predicted molar refractivity (Wildman–Crippen MR) is 76.7 cm³/mol. The molecule has 19 heavy (non-hydrogen) atoms. The minimum absolute atomic E-state index is 0.139. The molecule has 1 aromatic heterocycles. The molecule has 0 bridgehead atoms. The molecule has 0 saturated carbocycles. The first-order valence-corrected chi connectivity index (χ1v) is 6.93. The molecule has 0 aliphatic carbocycles. The third-order valence-electron chi connectivity index (χ3n) is 2.82. The highest BCUT2D eigenvalue weighted by Crippen LogP contribution is 2.27. The van der Waals surface area contributed by atoms with Crippen LogP contribution in [0.25, 0.3) is 0 Å². The van der Waals surface area contributed by atoms with E-state index in [1.807, 2.05) is 6.07 Å². The third kappa shape index (κ3) is 3.35. The van der Waals surface area contributed by atoms with Gasteiger partial charge in [-0.3, -0.25) is 0 Å². The van der Waals surface area contributed by atoms with Gasteiger partial charge < -0.3 is 5.11 Å². The number of hydrogen-bond acceptors (Lipinski definition) is 3. The molecule has 0 atom stereocenters. The lowest BCUT2D eigenvalue weighted by molar-refractivity contribution is 0.0689. The fourth-order valence-corrected chi connectivity index (χ4v) is 2.87. The molecule has 0 radical (unpaired) electrons. The summed E-state index contributed by atoms with van der Waals surface area (Å²) in [5.74, 6) is -0.364. The van der Waals surface area contributed by atoms with Gasteiger partial charge in [-0.25, -0.2) is 9.78 Å². The molecule has 0 unspecified atom stereocenters. The number of aromatic nitrogens is 1. The highest BCUT2D eigenvalue weighted by atomic mass is 32.2. The van der Waals surface area contributed by atoms with Gasteiger partial charge in [0, 0.05) is 16.8 Å². The first kappa shape index (κ1) is 13.6. The van der Waals surface area contributed by atoms with E-state index in [0.717, 1.165) is 5.56 Å². The zero-order valence-corrected chi connectivity index (χ0v) is 11.7. The van der Waals surface area contributed by atoms with E-state index in [-0.39, 0.29) is 5.69 Å². The van der Waals surface area contributed by atoms with E-state index in [9.17, 15) is 4.79 Å². The van der Waals surface area contributed by atoms with Crippen LogP contribution < -0.4 is 0 Å². The Morgan fingerprint density at radius 2 is 2.11 bits per heavy atom. The molecular weight excluding hydrogens is 258 g/mol. The van der Waals surface area contributed by atoms with Crippen LogP contribution in [0.4, 0.5) is 0 Å². The molecule has 0 aliphatic rings. The van der Waals surface area contributed by atoms with Gasteiger partial charge in [-0.1, -0.05) is 23.8 Å². The summed E-state index contributed by atoms with van der Waals surface area (Å²) < 4.78 is 0. The van der Waals surface area contributed by atoms with E-state index in [4.69, 9.17) is 5.11 Å². The minimum Gasteiger partial charge on any atom is -0.477 e. The van der Waals surface area contributed by atoms with Crippen molar-refractivity contribution in [2.75, 3.05) is 0 Å². The number of pyridine rings is 1. The lowest BCUT2D eigenvalue weighted by Crippen LogP contribution is -2.04. The molecule has 98 valence electrons. The summed E-state index contributed by atoms with van der Waals surface area (Å²) in [4.78, 5) is 16.2. The normalized spacial score (nSPS) is 10.4. The van der Waals surface area contributed by atoms with Crippen LogP contribution in [0.5, 0.6) is 0 Å². The molecule has 1 heterocycles. The van der Waals surface area contributed by atoms with Crippen LogP contribution in [0, 0.1) is 13.8 Å². The molecule has 1 N–H and O–H groups in total. The van der Waals surface area contributed by atoms with Gasteiger partial charge in [-0.15, -0.1) is 11.8 Å². The van der Waals surface area contributed by atoms with E-state index in [1.165, 1.54) is 22.2 Å². The Morgan fingerprint density at radius 1 is 1.32 bits per heavy atom. The molecule has 1 aromatic carbocycles. The number of carbonyl (C=O) groups is 1. The van der Waals surface area contributed by atoms with Gasteiger partial charge >= 0.3 is 5.97 Å². The smallest absolute Gasteiger partial charge is 0.354 e. The Bertz CT molecular complexity index is 611. The van der Waals surface area contributed by atoms with Crippen LogP contribution >= 0.6 is 11.8 Å². The minimum atomic E-state index is -0.975. The van der Waals surface area contributed by atoms with Gasteiger partial charge in [0.2, 0.25) is 0 Å². The van der Waals surface area contributed by atoms with Crippen molar-refractivity contribution in [3.63, 3.8) is 0 Å². The Kier molecular flexibility index (Phi) is 4.22. The fourth-order valence-electron chi connectivity index (χ4n) is 1.77. The number of carboxylic acid groups (broad SMARTS) is 1. The van der Waals surface area contributed by atoms with Crippen molar-refractivity contribution in [3.05, 3.63) is 58.9 Å². The maximum absolute atomic E-state index is 11.1. The number of hydrogen-bond donors (Lipinski definition) is 1. The zero-order valence-electron chi connectivity index (χ0n) is 10.9. The van der Waals surface area contributed by atoms with Crippen molar-refractivity contribution in [2.45, 2.75) is 24.5 Å². The number of nitrogens with zero attached hydrogens (tertiary/aromatic N) is 1. The van der Waals surface area contributed by atoms with Gasteiger partial charge in [0.15, 0.2) is 5.69 Å². The van der Waals surface area contributed by atoms with Crippen molar-refractivity contribution in [1.82, 2.24) is 4.98 Å². The first-order chi connectivity index (χ1) is 9.08. The standard InChI is InChI=1S/C15H15NO2S/c1-10-5-6-11(2)13(8-10)19-9-12-4-3-7-16-14(12)15(17)18/h3-8H,9H2,1-2H3,(H,17,18). The van der Waals surface area contributed by atoms with Crippen molar-refractivity contribution >= 4 is 17.7 Å². The molecular formula is C15H15NO2S. The lowest BCUT2D eigenvalue weighted by Gasteiger charge is -2.08. The third-order valence-corrected chi connectivity index (χ3v) is 4.03. The largest absolute Gasteiger partial charge is 0.477 e. The Labute approximate surface area is 116 Å². The molecule has 0 amide bonds. The molecule has 2 aromatic rings. The molecule has 0 spiro atoms. The van der Waals surface area contributed by atoms with E-state index in [0.29, 0.717) is 5.75 Å². The van der Waals surface area contributed by atoms with Gasteiger partial charge in [0.1, 0.15) is 0 Å². The van der Waals surface area contributed by atoms with Crippen molar-refractivity contribution in [1.29, 1.82) is 0 Å². The average Bonchev–Trinajstić information content (AvgIpc) is 2.40. The molecule has 4 heteroatoms. The summed E-state index contributed by atoms with van der Waals surface area (Å²) in [6.45, 7) is 4.11. The average molecular weight is 273 g/mol. The monoisotopic (exact) mass is 273 g/mol. The Balaban J connectivity index is 2.19. The summed E-state index contributed by atoms with van der Waals surface area (Å²) in [5.41, 5.74) is 3.30.